The predicted molar refractivity (Wildman–Crippen MR) is 150 cm³/mol. The van der Waals surface area contributed by atoms with E-state index in [9.17, 15) is 14.0 Å². The number of carbonyl (C=O) groups excluding carboxylic acids is 2. The van der Waals surface area contributed by atoms with Gasteiger partial charge in [-0.1, -0.05) is 24.3 Å². The molecule has 0 aliphatic carbocycles. The second-order valence-electron chi connectivity index (χ2n) is 9.06. The first-order valence-corrected chi connectivity index (χ1v) is 13.0. The number of carbonyl (C=O) groups is 2. The zero-order valence-electron chi connectivity index (χ0n) is 23.1. The molecule has 0 spiro atoms. The third kappa shape index (κ3) is 6.36. The summed E-state index contributed by atoms with van der Waals surface area (Å²) in [6, 6.07) is 16.7. The Labute approximate surface area is 233 Å². The minimum absolute atomic E-state index is 0.197. The fraction of sp³-hybridized carbons (Fsp3) is 0.290. The molecule has 4 rings (SSSR count). The van der Waals surface area contributed by atoms with Crippen molar-refractivity contribution in [3.8, 4) is 23.0 Å². The largest absolute Gasteiger partial charge is 0.494 e. The summed E-state index contributed by atoms with van der Waals surface area (Å²) in [6.45, 7) is 3.86. The van der Waals surface area contributed by atoms with Crippen LogP contribution in [-0.4, -0.2) is 75.7 Å². The van der Waals surface area contributed by atoms with Gasteiger partial charge < -0.3 is 28.7 Å². The molecular weight excluding hydrogens is 515 g/mol. The molecule has 0 aromatic heterocycles. The second-order valence-corrected chi connectivity index (χ2v) is 9.06. The lowest BCUT2D eigenvalue weighted by Crippen LogP contribution is -2.50. The van der Waals surface area contributed by atoms with E-state index in [0.717, 1.165) is 5.56 Å². The Bertz CT molecular complexity index is 1360. The number of halogens is 1. The van der Waals surface area contributed by atoms with E-state index in [0.29, 0.717) is 72.5 Å². The van der Waals surface area contributed by atoms with Gasteiger partial charge in [0, 0.05) is 37.8 Å². The smallest absolute Gasteiger partial charge is 0.254 e. The number of hydrogen-bond acceptors (Lipinski definition) is 6. The monoisotopic (exact) mass is 548 g/mol. The Balaban J connectivity index is 1.52. The van der Waals surface area contributed by atoms with Gasteiger partial charge in [-0.2, -0.15) is 0 Å². The lowest BCUT2D eigenvalue weighted by molar-refractivity contribution is -0.127. The van der Waals surface area contributed by atoms with Gasteiger partial charge in [0.2, 0.25) is 11.7 Å². The lowest BCUT2D eigenvalue weighted by atomic mass is 9.97. The summed E-state index contributed by atoms with van der Waals surface area (Å²) in [4.78, 5) is 30.0. The Morgan fingerprint density at radius 3 is 1.98 bits per heavy atom. The van der Waals surface area contributed by atoms with Crippen LogP contribution in [0, 0.1) is 5.82 Å². The van der Waals surface area contributed by atoms with Crippen LogP contribution in [0.2, 0.25) is 0 Å². The second kappa shape index (κ2) is 13.0. The molecule has 1 saturated heterocycles. The molecule has 0 saturated carbocycles. The van der Waals surface area contributed by atoms with Gasteiger partial charge in [0.15, 0.2) is 11.5 Å². The van der Waals surface area contributed by atoms with Crippen molar-refractivity contribution in [3.63, 3.8) is 0 Å². The molecule has 1 fully saturated rings. The van der Waals surface area contributed by atoms with E-state index in [1.807, 2.05) is 31.2 Å². The number of amides is 2. The molecule has 40 heavy (non-hydrogen) atoms. The molecular formula is C31H33FN2O6. The number of hydrogen-bond donors (Lipinski definition) is 0. The molecule has 0 N–H and O–H groups in total. The summed E-state index contributed by atoms with van der Waals surface area (Å²) in [5.74, 6) is 1.10. The van der Waals surface area contributed by atoms with Gasteiger partial charge in [-0.3, -0.25) is 9.59 Å². The third-order valence-corrected chi connectivity index (χ3v) is 6.67. The standard InChI is InChI=1S/C31H33FN2O6/c1-5-40-25-11-9-21(10-12-25)26(22-7-6-8-24(32)17-22)20-29(35)33-13-15-34(16-14-33)31(36)23-18-27(37-2)30(39-4)28(19-23)38-3/h6-12,17-20H,5,13-16H2,1-4H3/b26-20+. The lowest BCUT2D eigenvalue weighted by Gasteiger charge is -2.34. The average Bonchev–Trinajstić information content (AvgIpc) is 2.99. The highest BCUT2D eigenvalue weighted by molar-refractivity contribution is 6.00. The molecule has 8 nitrogen and oxygen atoms in total. The molecule has 0 radical (unpaired) electrons. The highest BCUT2D eigenvalue weighted by atomic mass is 19.1. The summed E-state index contributed by atoms with van der Waals surface area (Å²) in [5, 5.41) is 0. The first-order valence-electron chi connectivity index (χ1n) is 13.0. The number of rotatable bonds is 9. The normalized spacial score (nSPS) is 13.6. The van der Waals surface area contributed by atoms with E-state index >= 15 is 0 Å². The fourth-order valence-electron chi connectivity index (χ4n) is 4.62. The average molecular weight is 549 g/mol. The summed E-state index contributed by atoms with van der Waals surface area (Å²) < 4.78 is 35.7. The van der Waals surface area contributed by atoms with Crippen molar-refractivity contribution >= 4 is 17.4 Å². The molecule has 1 aliphatic heterocycles. The van der Waals surface area contributed by atoms with Crippen LogP contribution < -0.4 is 18.9 Å². The van der Waals surface area contributed by atoms with Gasteiger partial charge in [0.1, 0.15) is 11.6 Å². The molecule has 0 bridgehead atoms. The van der Waals surface area contributed by atoms with Crippen LogP contribution in [0.3, 0.4) is 0 Å². The Hall–Kier alpha value is -4.53. The first-order chi connectivity index (χ1) is 19.4. The summed E-state index contributed by atoms with van der Waals surface area (Å²) in [5.41, 5.74) is 2.36. The van der Waals surface area contributed by atoms with Gasteiger partial charge in [0.25, 0.3) is 5.91 Å². The van der Waals surface area contributed by atoms with Crippen molar-refractivity contribution in [2.45, 2.75) is 6.92 Å². The highest BCUT2D eigenvalue weighted by Crippen LogP contribution is 2.38. The fourth-order valence-corrected chi connectivity index (χ4v) is 4.62. The Morgan fingerprint density at radius 1 is 0.800 bits per heavy atom. The van der Waals surface area contributed by atoms with E-state index in [-0.39, 0.29) is 17.6 Å². The quantitative estimate of drug-likeness (QED) is 0.362. The first kappa shape index (κ1) is 28.5. The van der Waals surface area contributed by atoms with Gasteiger partial charge in [-0.05, 0) is 60.0 Å². The molecule has 3 aromatic carbocycles. The number of benzene rings is 3. The van der Waals surface area contributed by atoms with Crippen LogP contribution in [0.5, 0.6) is 23.0 Å². The summed E-state index contributed by atoms with van der Waals surface area (Å²) >= 11 is 0. The van der Waals surface area contributed by atoms with E-state index in [1.165, 1.54) is 39.5 Å². The van der Waals surface area contributed by atoms with Crippen molar-refractivity contribution in [1.29, 1.82) is 0 Å². The molecule has 210 valence electrons. The molecule has 1 aliphatic rings. The van der Waals surface area contributed by atoms with Crippen molar-refractivity contribution in [2.75, 3.05) is 54.1 Å². The van der Waals surface area contributed by atoms with E-state index in [2.05, 4.69) is 0 Å². The van der Waals surface area contributed by atoms with Crippen molar-refractivity contribution in [2.24, 2.45) is 0 Å². The predicted octanol–water partition coefficient (Wildman–Crippen LogP) is 4.67. The number of piperazine rings is 1. The van der Waals surface area contributed by atoms with Crippen LogP contribution >= 0.6 is 0 Å². The van der Waals surface area contributed by atoms with Gasteiger partial charge in [0.05, 0.1) is 27.9 Å². The molecule has 3 aromatic rings. The SMILES string of the molecule is CCOc1ccc(/C(=C\C(=O)N2CCN(C(=O)c3cc(OC)c(OC)c(OC)c3)CC2)c2cccc(F)c2)cc1. The van der Waals surface area contributed by atoms with Gasteiger partial charge >= 0.3 is 0 Å². The summed E-state index contributed by atoms with van der Waals surface area (Å²) in [6.07, 6.45) is 1.53. The topological polar surface area (TPSA) is 77.5 Å². The maximum absolute atomic E-state index is 14.1. The van der Waals surface area contributed by atoms with Crippen LogP contribution in [0.15, 0.2) is 66.7 Å². The zero-order valence-corrected chi connectivity index (χ0v) is 23.1. The number of methoxy groups -OCH3 is 3. The zero-order chi connectivity index (χ0) is 28.6. The van der Waals surface area contributed by atoms with Gasteiger partial charge in [-0.25, -0.2) is 4.39 Å². The van der Waals surface area contributed by atoms with Crippen LogP contribution in [-0.2, 0) is 4.79 Å². The molecule has 0 atom stereocenters. The summed E-state index contributed by atoms with van der Waals surface area (Å²) in [7, 11) is 4.49. The van der Waals surface area contributed by atoms with Crippen LogP contribution in [0.4, 0.5) is 4.39 Å². The Morgan fingerprint density at radius 2 is 1.43 bits per heavy atom. The minimum atomic E-state index is -0.388. The van der Waals surface area contributed by atoms with Gasteiger partial charge in [-0.15, -0.1) is 0 Å². The number of nitrogens with zero attached hydrogens (tertiary/aromatic N) is 2. The van der Waals surface area contributed by atoms with E-state index in [1.54, 1.807) is 34.1 Å². The van der Waals surface area contributed by atoms with Crippen LogP contribution in [0.1, 0.15) is 28.4 Å². The molecule has 9 heteroatoms. The van der Waals surface area contributed by atoms with Crippen molar-refractivity contribution < 1.29 is 32.9 Å². The molecule has 2 amide bonds. The minimum Gasteiger partial charge on any atom is -0.494 e. The maximum atomic E-state index is 14.1. The van der Waals surface area contributed by atoms with Crippen molar-refractivity contribution in [3.05, 3.63) is 89.2 Å². The van der Waals surface area contributed by atoms with Crippen molar-refractivity contribution in [1.82, 2.24) is 9.80 Å². The maximum Gasteiger partial charge on any atom is 0.254 e. The van der Waals surface area contributed by atoms with E-state index < -0.39 is 0 Å². The van der Waals surface area contributed by atoms with Crippen LogP contribution in [0.25, 0.3) is 5.57 Å². The number of ether oxygens (including phenoxy) is 4. The Kier molecular flexibility index (Phi) is 9.27. The molecule has 1 heterocycles. The molecule has 0 unspecified atom stereocenters. The van der Waals surface area contributed by atoms with E-state index in [4.69, 9.17) is 18.9 Å². The third-order valence-electron chi connectivity index (χ3n) is 6.67. The highest BCUT2D eigenvalue weighted by Gasteiger charge is 2.26.